The summed E-state index contributed by atoms with van der Waals surface area (Å²) in [5, 5.41) is 0. The minimum atomic E-state index is -0.232. The van der Waals surface area contributed by atoms with E-state index in [0.717, 1.165) is 12.8 Å². The first-order valence-corrected chi connectivity index (χ1v) is 3.80. The van der Waals surface area contributed by atoms with Gasteiger partial charge in [0, 0.05) is 0 Å². The highest BCUT2D eigenvalue weighted by molar-refractivity contribution is 5.81. The molecule has 0 radical (unpaired) electrons. The van der Waals surface area contributed by atoms with Gasteiger partial charge in [0.15, 0.2) is 6.10 Å². The number of allylic oxidation sites excluding steroid dienone is 1. The highest BCUT2D eigenvalue weighted by Gasteiger charge is 2.58. The lowest BCUT2D eigenvalue weighted by molar-refractivity contribution is -0.149. The van der Waals surface area contributed by atoms with Crippen LogP contribution in [-0.4, -0.2) is 24.3 Å². The van der Waals surface area contributed by atoms with Crippen molar-refractivity contribution in [2.45, 2.75) is 31.2 Å². The number of hydrogen-bond donors (Lipinski definition) is 0. The van der Waals surface area contributed by atoms with Crippen molar-refractivity contribution in [1.82, 2.24) is 0 Å². The number of carbonyl (C=O) groups is 1. The molecule has 11 heavy (non-hydrogen) atoms. The van der Waals surface area contributed by atoms with Gasteiger partial charge in [-0.25, -0.2) is 4.79 Å². The Bertz CT molecular complexity index is 200. The lowest BCUT2D eigenvalue weighted by Gasteiger charge is -2.08. The van der Waals surface area contributed by atoms with Crippen LogP contribution >= 0.6 is 0 Å². The first-order valence-electron chi connectivity index (χ1n) is 3.80. The fraction of sp³-hybridized carbons (Fsp3) is 0.625. The van der Waals surface area contributed by atoms with Crippen molar-refractivity contribution in [1.29, 1.82) is 0 Å². The molecule has 0 unspecified atom stereocenters. The third-order valence-electron chi connectivity index (χ3n) is 2.05. The molecule has 2 saturated heterocycles. The molecule has 0 aromatic rings. The minimum absolute atomic E-state index is 0.00880. The molecule has 0 amide bonds. The molecule has 0 bridgehead atoms. The van der Waals surface area contributed by atoms with E-state index in [2.05, 4.69) is 6.58 Å². The molecule has 60 valence electrons. The van der Waals surface area contributed by atoms with Gasteiger partial charge >= 0.3 is 5.97 Å². The quantitative estimate of drug-likeness (QED) is 0.340. The fourth-order valence-electron chi connectivity index (χ4n) is 1.38. The van der Waals surface area contributed by atoms with Gasteiger partial charge in [0.05, 0.1) is 0 Å². The van der Waals surface area contributed by atoms with Crippen LogP contribution in [0, 0.1) is 0 Å². The van der Waals surface area contributed by atoms with Crippen molar-refractivity contribution >= 4 is 5.97 Å². The molecule has 2 aliphatic heterocycles. The van der Waals surface area contributed by atoms with Gasteiger partial charge in [-0.2, -0.15) is 0 Å². The van der Waals surface area contributed by atoms with E-state index in [9.17, 15) is 4.79 Å². The van der Waals surface area contributed by atoms with Gasteiger partial charge in [-0.05, 0) is 12.8 Å². The maximum Gasteiger partial charge on any atom is 0.338 e. The highest BCUT2D eigenvalue weighted by atomic mass is 16.7. The van der Waals surface area contributed by atoms with Crippen molar-refractivity contribution in [3.8, 4) is 0 Å². The standard InChI is InChI=1S/C8H10O3/c1-2-3-4-5-6-7(11-6)8(9)10-5/h2,5-7H,1,3-4H2/t5-,6-,7-/m1/s1. The molecule has 0 aromatic carbocycles. The smallest absolute Gasteiger partial charge is 0.338 e. The van der Waals surface area contributed by atoms with Gasteiger partial charge in [0.2, 0.25) is 0 Å². The van der Waals surface area contributed by atoms with Gasteiger partial charge in [-0.15, -0.1) is 6.58 Å². The molecule has 0 aliphatic carbocycles. The molecular formula is C8H10O3. The molecule has 2 fully saturated rings. The zero-order valence-corrected chi connectivity index (χ0v) is 6.16. The summed E-state index contributed by atoms with van der Waals surface area (Å²) < 4.78 is 10.1. The zero-order valence-electron chi connectivity index (χ0n) is 6.16. The van der Waals surface area contributed by atoms with E-state index >= 15 is 0 Å². The van der Waals surface area contributed by atoms with E-state index in [-0.39, 0.29) is 24.3 Å². The molecular weight excluding hydrogens is 144 g/mol. The molecule has 3 nitrogen and oxygen atoms in total. The summed E-state index contributed by atoms with van der Waals surface area (Å²) >= 11 is 0. The maximum atomic E-state index is 10.8. The second kappa shape index (κ2) is 2.34. The predicted octanol–water partition coefficient (Wildman–Crippen LogP) is 0.645. The average molecular weight is 154 g/mol. The Hall–Kier alpha value is -0.830. The van der Waals surface area contributed by atoms with Crippen molar-refractivity contribution in [3.63, 3.8) is 0 Å². The monoisotopic (exact) mass is 154 g/mol. The third-order valence-corrected chi connectivity index (χ3v) is 2.05. The minimum Gasteiger partial charge on any atom is -0.457 e. The number of hydrogen-bond acceptors (Lipinski definition) is 3. The van der Waals surface area contributed by atoms with E-state index in [1.54, 1.807) is 0 Å². The largest absolute Gasteiger partial charge is 0.457 e. The van der Waals surface area contributed by atoms with Crippen LogP contribution in [0.3, 0.4) is 0 Å². The number of epoxide rings is 1. The molecule has 0 spiro atoms. The summed E-state index contributed by atoms with van der Waals surface area (Å²) in [6, 6.07) is 0. The average Bonchev–Trinajstić information content (AvgIpc) is 2.71. The summed E-state index contributed by atoms with van der Waals surface area (Å²) in [7, 11) is 0. The van der Waals surface area contributed by atoms with Crippen LogP contribution in [0.15, 0.2) is 12.7 Å². The van der Waals surface area contributed by atoms with Crippen molar-refractivity contribution in [2.75, 3.05) is 0 Å². The number of cyclic esters (lactones) is 1. The molecule has 3 atom stereocenters. The van der Waals surface area contributed by atoms with Crippen molar-refractivity contribution in [2.24, 2.45) is 0 Å². The van der Waals surface area contributed by atoms with Crippen LogP contribution in [0.5, 0.6) is 0 Å². The van der Waals surface area contributed by atoms with Crippen LogP contribution in [0.25, 0.3) is 0 Å². The number of rotatable bonds is 3. The van der Waals surface area contributed by atoms with E-state index in [1.807, 2.05) is 6.08 Å². The van der Waals surface area contributed by atoms with Crippen LogP contribution in [-0.2, 0) is 14.3 Å². The summed E-state index contributed by atoms with van der Waals surface area (Å²) in [5.41, 5.74) is 0. The van der Waals surface area contributed by atoms with Crippen molar-refractivity contribution < 1.29 is 14.3 Å². The highest BCUT2D eigenvalue weighted by Crippen LogP contribution is 2.37. The topological polar surface area (TPSA) is 38.8 Å². The lowest BCUT2D eigenvalue weighted by atomic mass is 10.1. The zero-order chi connectivity index (χ0) is 7.84. The van der Waals surface area contributed by atoms with Crippen LogP contribution < -0.4 is 0 Å². The van der Waals surface area contributed by atoms with Gasteiger partial charge in [-0.3, -0.25) is 0 Å². The number of esters is 1. The second-order valence-corrected chi connectivity index (χ2v) is 2.86. The van der Waals surface area contributed by atoms with Crippen molar-refractivity contribution in [3.05, 3.63) is 12.7 Å². The predicted molar refractivity (Wildman–Crippen MR) is 38.0 cm³/mol. The van der Waals surface area contributed by atoms with E-state index < -0.39 is 0 Å². The summed E-state index contributed by atoms with van der Waals surface area (Å²) in [6.07, 6.45) is 3.36. The summed E-state index contributed by atoms with van der Waals surface area (Å²) in [5.74, 6) is -0.191. The van der Waals surface area contributed by atoms with Crippen LogP contribution in [0.1, 0.15) is 12.8 Å². The number of ether oxygens (including phenoxy) is 2. The molecule has 2 heterocycles. The Kier molecular flexibility index (Phi) is 1.46. The summed E-state index contributed by atoms with van der Waals surface area (Å²) in [4.78, 5) is 10.8. The SMILES string of the molecule is C=CCC[C@H]1OC(=O)[C@@H]2O[C@H]12. The van der Waals surface area contributed by atoms with Crippen LogP contribution in [0.4, 0.5) is 0 Å². The molecule has 0 aromatic heterocycles. The summed E-state index contributed by atoms with van der Waals surface area (Å²) in [6.45, 7) is 3.60. The molecule has 2 aliphatic rings. The third kappa shape index (κ3) is 1.05. The van der Waals surface area contributed by atoms with Gasteiger partial charge in [-0.1, -0.05) is 6.08 Å². The Labute approximate surface area is 65.0 Å². The van der Waals surface area contributed by atoms with Gasteiger partial charge < -0.3 is 9.47 Å². The normalized spacial score (nSPS) is 39.6. The maximum absolute atomic E-state index is 10.8. The number of fused-ring (bicyclic) bond motifs is 1. The fourth-order valence-corrected chi connectivity index (χ4v) is 1.38. The van der Waals surface area contributed by atoms with Gasteiger partial charge in [0.1, 0.15) is 12.2 Å². The van der Waals surface area contributed by atoms with Crippen LogP contribution in [0.2, 0.25) is 0 Å². The molecule has 0 N–H and O–H groups in total. The Morgan fingerprint density at radius 1 is 1.64 bits per heavy atom. The lowest BCUT2D eigenvalue weighted by Crippen LogP contribution is -2.15. The first-order chi connectivity index (χ1) is 5.33. The Morgan fingerprint density at radius 3 is 2.91 bits per heavy atom. The van der Waals surface area contributed by atoms with E-state index in [0.29, 0.717) is 0 Å². The van der Waals surface area contributed by atoms with Gasteiger partial charge in [0.25, 0.3) is 0 Å². The van der Waals surface area contributed by atoms with E-state index in [4.69, 9.17) is 9.47 Å². The first kappa shape index (κ1) is 6.85. The molecule has 2 rings (SSSR count). The Morgan fingerprint density at radius 2 is 2.45 bits per heavy atom. The molecule has 0 saturated carbocycles. The number of carbonyl (C=O) groups excluding carboxylic acids is 1. The Balaban J connectivity index is 1.87. The molecule has 3 heteroatoms. The second-order valence-electron chi connectivity index (χ2n) is 2.86. The van der Waals surface area contributed by atoms with E-state index in [1.165, 1.54) is 0 Å².